The minimum atomic E-state index is -3.22. The van der Waals surface area contributed by atoms with Gasteiger partial charge >= 0.3 is 0 Å². The predicted molar refractivity (Wildman–Crippen MR) is 87.3 cm³/mol. The lowest BCUT2D eigenvalue weighted by atomic mass is 10.1. The monoisotopic (exact) mass is 362 g/mol. The molecule has 0 spiro atoms. The number of sulfonamides is 1. The van der Waals surface area contributed by atoms with Crippen molar-refractivity contribution in [2.75, 3.05) is 18.8 Å². The molecule has 4 nitrogen and oxygen atoms in total. The van der Waals surface area contributed by atoms with Crippen LogP contribution in [0.3, 0.4) is 0 Å². The normalized spacial score (nSPS) is 13.3. The molecule has 20 heavy (non-hydrogen) atoms. The van der Waals surface area contributed by atoms with E-state index < -0.39 is 10.0 Å². The lowest BCUT2D eigenvalue weighted by Crippen LogP contribution is -2.29. The molecule has 0 fully saturated rings. The van der Waals surface area contributed by atoms with Gasteiger partial charge in [0, 0.05) is 10.5 Å². The second kappa shape index (κ2) is 8.77. The highest BCUT2D eigenvalue weighted by Gasteiger charge is 2.15. The van der Waals surface area contributed by atoms with E-state index in [1.807, 2.05) is 38.1 Å². The van der Waals surface area contributed by atoms with Crippen LogP contribution >= 0.6 is 15.9 Å². The molecule has 0 saturated carbocycles. The van der Waals surface area contributed by atoms with Gasteiger partial charge in [0.05, 0.1) is 5.75 Å². The summed E-state index contributed by atoms with van der Waals surface area (Å²) in [5.74, 6) is 0.177. The van der Waals surface area contributed by atoms with Crippen molar-refractivity contribution in [1.29, 1.82) is 0 Å². The number of halogens is 1. The highest BCUT2D eigenvalue weighted by Crippen LogP contribution is 2.18. The number of rotatable bonds is 9. The Kier molecular flexibility index (Phi) is 7.72. The Morgan fingerprint density at radius 2 is 2.05 bits per heavy atom. The summed E-state index contributed by atoms with van der Waals surface area (Å²) >= 11 is 3.39. The van der Waals surface area contributed by atoms with E-state index in [2.05, 4.69) is 26.0 Å². The van der Waals surface area contributed by atoms with E-state index in [-0.39, 0.29) is 11.8 Å². The van der Waals surface area contributed by atoms with Crippen LogP contribution in [-0.4, -0.2) is 27.3 Å². The molecule has 0 aliphatic carbocycles. The fraction of sp³-hybridized carbons (Fsp3) is 0.571. The van der Waals surface area contributed by atoms with Crippen molar-refractivity contribution in [3.63, 3.8) is 0 Å². The third-order valence-electron chi connectivity index (χ3n) is 2.97. The first-order valence-electron chi connectivity index (χ1n) is 6.91. The molecule has 0 bridgehead atoms. The largest absolute Gasteiger partial charge is 0.317 e. The molecule has 1 unspecified atom stereocenters. The number of unbranched alkanes of at least 4 members (excludes halogenated alkanes) is 1. The van der Waals surface area contributed by atoms with Crippen LogP contribution in [0.15, 0.2) is 28.7 Å². The van der Waals surface area contributed by atoms with Gasteiger partial charge < -0.3 is 5.32 Å². The van der Waals surface area contributed by atoms with Crippen molar-refractivity contribution in [1.82, 2.24) is 10.0 Å². The summed E-state index contributed by atoms with van der Waals surface area (Å²) in [7, 11) is -3.22. The van der Waals surface area contributed by atoms with Crippen molar-refractivity contribution in [2.45, 2.75) is 32.7 Å². The van der Waals surface area contributed by atoms with Gasteiger partial charge in [0.25, 0.3) is 0 Å². The zero-order chi connectivity index (χ0) is 15.0. The average molecular weight is 363 g/mol. The molecule has 1 atom stereocenters. The smallest absolute Gasteiger partial charge is 0.212 e. The van der Waals surface area contributed by atoms with Crippen molar-refractivity contribution in [3.8, 4) is 0 Å². The summed E-state index contributed by atoms with van der Waals surface area (Å²) in [5.41, 5.74) is 0.954. The third kappa shape index (κ3) is 6.83. The van der Waals surface area contributed by atoms with Gasteiger partial charge in [-0.1, -0.05) is 35.0 Å². The molecule has 0 aliphatic heterocycles. The molecule has 1 rings (SSSR count). The van der Waals surface area contributed by atoms with E-state index >= 15 is 0 Å². The van der Waals surface area contributed by atoms with E-state index in [4.69, 9.17) is 0 Å². The fourth-order valence-corrected chi connectivity index (χ4v) is 3.68. The number of hydrogen-bond donors (Lipinski definition) is 2. The summed E-state index contributed by atoms with van der Waals surface area (Å²) in [6, 6.07) is 7.46. The number of nitrogens with one attached hydrogen (secondary N) is 2. The second-order valence-corrected chi connectivity index (χ2v) is 7.56. The molecule has 2 N–H and O–H groups in total. The molecule has 0 saturated heterocycles. The molecule has 0 aromatic heterocycles. The Morgan fingerprint density at radius 1 is 1.30 bits per heavy atom. The van der Waals surface area contributed by atoms with Gasteiger partial charge in [0.2, 0.25) is 10.0 Å². The summed E-state index contributed by atoms with van der Waals surface area (Å²) in [4.78, 5) is 0. The summed E-state index contributed by atoms with van der Waals surface area (Å²) in [6.45, 7) is 5.69. The SMILES string of the molecule is CCNCCCCS(=O)(=O)NC(C)c1cccc(Br)c1. The van der Waals surface area contributed by atoms with Crippen molar-refractivity contribution >= 4 is 26.0 Å². The van der Waals surface area contributed by atoms with Crippen molar-refractivity contribution < 1.29 is 8.42 Å². The highest BCUT2D eigenvalue weighted by molar-refractivity contribution is 9.10. The fourth-order valence-electron chi connectivity index (χ4n) is 1.89. The highest BCUT2D eigenvalue weighted by atomic mass is 79.9. The summed E-state index contributed by atoms with van der Waals surface area (Å²) in [6.07, 6.45) is 1.55. The summed E-state index contributed by atoms with van der Waals surface area (Å²) < 4.78 is 27.6. The van der Waals surface area contributed by atoms with E-state index in [1.54, 1.807) is 0 Å². The number of benzene rings is 1. The molecule has 1 aromatic carbocycles. The van der Waals surface area contributed by atoms with Gasteiger partial charge in [-0.2, -0.15) is 0 Å². The summed E-state index contributed by atoms with van der Waals surface area (Å²) in [5, 5.41) is 3.19. The Morgan fingerprint density at radius 3 is 2.70 bits per heavy atom. The zero-order valence-electron chi connectivity index (χ0n) is 12.0. The lowest BCUT2D eigenvalue weighted by molar-refractivity contribution is 0.561. The van der Waals surface area contributed by atoms with Crippen molar-refractivity contribution in [3.05, 3.63) is 34.3 Å². The molecule has 6 heteroatoms. The standard InChI is InChI=1S/C14H23BrN2O2S/c1-3-16-9-4-5-10-20(18,19)17-12(2)13-7-6-8-14(15)11-13/h6-8,11-12,16-17H,3-5,9-10H2,1-2H3. The maximum atomic E-state index is 12.0. The first-order valence-corrected chi connectivity index (χ1v) is 9.35. The minimum absolute atomic E-state index is 0.177. The second-order valence-electron chi connectivity index (χ2n) is 4.77. The van der Waals surface area contributed by atoms with Crippen LogP contribution in [0.25, 0.3) is 0 Å². The number of hydrogen-bond acceptors (Lipinski definition) is 3. The van der Waals surface area contributed by atoms with Crippen LogP contribution in [0.5, 0.6) is 0 Å². The lowest BCUT2D eigenvalue weighted by Gasteiger charge is -2.15. The maximum Gasteiger partial charge on any atom is 0.212 e. The Bertz CT molecular complexity index is 506. The van der Waals surface area contributed by atoms with Gasteiger partial charge in [-0.25, -0.2) is 13.1 Å². The molecule has 0 radical (unpaired) electrons. The van der Waals surface area contributed by atoms with Crippen molar-refractivity contribution in [2.24, 2.45) is 0 Å². The average Bonchev–Trinajstić information content (AvgIpc) is 2.38. The van der Waals surface area contributed by atoms with E-state index in [0.29, 0.717) is 6.42 Å². The predicted octanol–water partition coefficient (Wildman–Crippen LogP) is 2.82. The third-order valence-corrected chi connectivity index (χ3v) is 5.00. The molecule has 0 amide bonds. The van der Waals surface area contributed by atoms with E-state index in [9.17, 15) is 8.42 Å². The zero-order valence-corrected chi connectivity index (χ0v) is 14.4. The first-order chi connectivity index (χ1) is 9.44. The van der Waals surface area contributed by atoms with Crippen LogP contribution in [0.1, 0.15) is 38.3 Å². The van der Waals surface area contributed by atoms with Crippen LogP contribution in [0.2, 0.25) is 0 Å². The van der Waals surface area contributed by atoms with E-state index in [1.165, 1.54) is 0 Å². The maximum absolute atomic E-state index is 12.0. The van der Waals surface area contributed by atoms with Gasteiger partial charge in [-0.3, -0.25) is 0 Å². The Labute approximate surface area is 130 Å². The van der Waals surface area contributed by atoms with Crippen LogP contribution in [0.4, 0.5) is 0 Å². The molecule has 114 valence electrons. The topological polar surface area (TPSA) is 58.2 Å². The molecular formula is C14H23BrN2O2S. The first kappa shape index (κ1) is 17.6. The van der Waals surface area contributed by atoms with Gasteiger partial charge in [0.1, 0.15) is 0 Å². The molecule has 1 aromatic rings. The minimum Gasteiger partial charge on any atom is -0.317 e. The van der Waals surface area contributed by atoms with Gasteiger partial charge in [-0.15, -0.1) is 0 Å². The molecule has 0 aliphatic rings. The van der Waals surface area contributed by atoms with Crippen LogP contribution < -0.4 is 10.0 Å². The van der Waals surface area contributed by atoms with Gasteiger partial charge in [-0.05, 0) is 50.6 Å². The Balaban J connectivity index is 2.45. The molecular weight excluding hydrogens is 340 g/mol. The van der Waals surface area contributed by atoms with E-state index in [0.717, 1.165) is 29.5 Å². The Hall–Kier alpha value is -0.430. The van der Waals surface area contributed by atoms with Crippen LogP contribution in [-0.2, 0) is 10.0 Å². The van der Waals surface area contributed by atoms with Gasteiger partial charge in [0.15, 0.2) is 0 Å². The van der Waals surface area contributed by atoms with Crippen LogP contribution in [0, 0.1) is 0 Å². The molecule has 0 heterocycles. The quantitative estimate of drug-likeness (QED) is 0.664.